The van der Waals surface area contributed by atoms with Crippen LogP contribution in [-0.2, 0) is 11.2 Å². The van der Waals surface area contributed by atoms with E-state index in [2.05, 4.69) is 30.4 Å². The molecule has 31 heavy (non-hydrogen) atoms. The van der Waals surface area contributed by atoms with Crippen molar-refractivity contribution >= 4 is 40.0 Å². The van der Waals surface area contributed by atoms with Crippen molar-refractivity contribution in [3.05, 3.63) is 70.8 Å². The van der Waals surface area contributed by atoms with Gasteiger partial charge in [-0.05, 0) is 50.2 Å². The number of benzene rings is 2. The van der Waals surface area contributed by atoms with Gasteiger partial charge in [-0.25, -0.2) is 14.5 Å². The molecule has 0 radical (unpaired) electrons. The van der Waals surface area contributed by atoms with Crippen molar-refractivity contribution in [1.82, 2.24) is 29.5 Å². The number of halogens is 1. The maximum atomic E-state index is 12.6. The molecule has 9 heteroatoms. The Morgan fingerprint density at radius 3 is 2.77 bits per heavy atom. The molecule has 0 spiro atoms. The van der Waals surface area contributed by atoms with Gasteiger partial charge in [0, 0.05) is 22.6 Å². The first kappa shape index (κ1) is 19.2. The average Bonchev–Trinajstić information content (AvgIpc) is 3.31. The molecule has 154 valence electrons. The van der Waals surface area contributed by atoms with Crippen molar-refractivity contribution < 1.29 is 4.79 Å². The van der Waals surface area contributed by atoms with Crippen LogP contribution in [-0.4, -0.2) is 35.5 Å². The summed E-state index contributed by atoms with van der Waals surface area (Å²) in [6, 6.07) is 14.9. The van der Waals surface area contributed by atoms with Crippen LogP contribution in [0.15, 0.2) is 48.5 Å². The number of anilines is 1. The van der Waals surface area contributed by atoms with Gasteiger partial charge in [-0.2, -0.15) is 4.98 Å². The molecule has 0 aliphatic rings. The number of hydrogen-bond acceptors (Lipinski definition) is 5. The van der Waals surface area contributed by atoms with E-state index >= 15 is 0 Å². The molecule has 0 fully saturated rings. The lowest BCUT2D eigenvalue weighted by molar-refractivity contribution is -0.115. The average molecular weight is 432 g/mol. The van der Waals surface area contributed by atoms with Crippen LogP contribution in [0.5, 0.6) is 0 Å². The summed E-state index contributed by atoms with van der Waals surface area (Å²) < 4.78 is 1.64. The van der Waals surface area contributed by atoms with Crippen molar-refractivity contribution in [3.8, 4) is 11.4 Å². The fourth-order valence-corrected chi connectivity index (χ4v) is 3.72. The molecule has 3 aromatic heterocycles. The van der Waals surface area contributed by atoms with E-state index in [-0.39, 0.29) is 12.3 Å². The molecule has 5 aromatic rings. The molecule has 0 saturated heterocycles. The number of nitrogens with zero attached hydrogens (tertiary/aromatic N) is 5. The molecule has 2 N–H and O–H groups in total. The van der Waals surface area contributed by atoms with Gasteiger partial charge in [0.25, 0.3) is 5.78 Å². The van der Waals surface area contributed by atoms with Gasteiger partial charge >= 0.3 is 0 Å². The molecule has 0 unspecified atom stereocenters. The van der Waals surface area contributed by atoms with Crippen LogP contribution in [0.25, 0.3) is 28.2 Å². The lowest BCUT2D eigenvalue weighted by atomic mass is 10.2. The summed E-state index contributed by atoms with van der Waals surface area (Å²) >= 11 is 6.28. The molecule has 0 atom stereocenters. The molecule has 0 saturated carbocycles. The van der Waals surface area contributed by atoms with Gasteiger partial charge in [0.2, 0.25) is 5.91 Å². The van der Waals surface area contributed by atoms with Crippen LogP contribution in [0.3, 0.4) is 0 Å². The number of nitrogens with one attached hydrogen (secondary N) is 2. The van der Waals surface area contributed by atoms with Crippen LogP contribution in [0.1, 0.15) is 17.2 Å². The number of rotatable bonds is 4. The molecule has 0 bridgehead atoms. The maximum Gasteiger partial charge on any atom is 0.252 e. The molecule has 5 rings (SSSR count). The Balaban J connectivity index is 1.36. The number of hydrogen-bond donors (Lipinski definition) is 2. The highest BCUT2D eigenvalue weighted by Gasteiger charge is 2.13. The van der Waals surface area contributed by atoms with Crippen molar-refractivity contribution in [2.75, 3.05) is 5.32 Å². The van der Waals surface area contributed by atoms with Crippen LogP contribution in [0.4, 0.5) is 5.69 Å². The number of aryl methyl sites for hydroxylation is 2. The standard InChI is InChI=1S/C22H18ClN7O/c1-12-9-13(2)30-22(24-12)28-19(29-30)11-20(31)25-14-7-8-17-18(10-14)27-21(26-17)15-5-3-4-6-16(15)23/h3-10H,11H2,1-2H3,(H,25,31)(H,26,27). The zero-order valence-corrected chi connectivity index (χ0v) is 17.6. The van der Waals surface area contributed by atoms with Crippen molar-refractivity contribution in [3.63, 3.8) is 0 Å². The minimum Gasteiger partial charge on any atom is -0.338 e. The normalized spacial score (nSPS) is 11.3. The summed E-state index contributed by atoms with van der Waals surface area (Å²) in [6.07, 6.45) is 0.0493. The van der Waals surface area contributed by atoms with Gasteiger partial charge in [-0.1, -0.05) is 23.7 Å². The first-order valence-corrected chi connectivity index (χ1v) is 10.1. The number of amides is 1. The monoisotopic (exact) mass is 431 g/mol. The SMILES string of the molecule is Cc1cc(C)n2nc(CC(=O)Nc3ccc4nc(-c5ccccc5Cl)[nH]c4c3)nc2n1. The van der Waals surface area contributed by atoms with E-state index in [0.29, 0.717) is 28.1 Å². The Hall–Kier alpha value is -3.78. The van der Waals surface area contributed by atoms with Gasteiger partial charge in [0.05, 0.1) is 22.5 Å². The third-order valence-electron chi connectivity index (χ3n) is 4.88. The summed E-state index contributed by atoms with van der Waals surface area (Å²) in [7, 11) is 0. The minimum absolute atomic E-state index is 0.0493. The van der Waals surface area contributed by atoms with E-state index < -0.39 is 0 Å². The van der Waals surface area contributed by atoms with E-state index in [9.17, 15) is 4.79 Å². The Morgan fingerprint density at radius 2 is 1.94 bits per heavy atom. The minimum atomic E-state index is -0.213. The highest BCUT2D eigenvalue weighted by atomic mass is 35.5. The maximum absolute atomic E-state index is 12.6. The van der Waals surface area contributed by atoms with Gasteiger partial charge in [-0.15, -0.1) is 5.10 Å². The topological polar surface area (TPSA) is 101 Å². The van der Waals surface area contributed by atoms with E-state index in [1.807, 2.05) is 62.4 Å². The molecular formula is C22H18ClN7O. The summed E-state index contributed by atoms with van der Waals surface area (Å²) in [6.45, 7) is 3.83. The Morgan fingerprint density at radius 1 is 1.10 bits per heavy atom. The second-order valence-electron chi connectivity index (χ2n) is 7.30. The fourth-order valence-electron chi connectivity index (χ4n) is 3.50. The van der Waals surface area contributed by atoms with Crippen LogP contribution in [0.2, 0.25) is 5.02 Å². The molecular weight excluding hydrogens is 414 g/mol. The fraction of sp³-hybridized carbons (Fsp3) is 0.136. The largest absolute Gasteiger partial charge is 0.338 e. The first-order valence-electron chi connectivity index (χ1n) is 9.71. The molecule has 1 amide bonds. The Bertz CT molecular complexity index is 1450. The van der Waals surface area contributed by atoms with Crippen molar-refractivity contribution in [2.24, 2.45) is 0 Å². The summed E-state index contributed by atoms with van der Waals surface area (Å²) in [4.78, 5) is 29.1. The number of aromatic amines is 1. The summed E-state index contributed by atoms with van der Waals surface area (Å²) in [5.41, 5.74) is 4.84. The third-order valence-corrected chi connectivity index (χ3v) is 5.21. The summed E-state index contributed by atoms with van der Waals surface area (Å²) in [5.74, 6) is 1.38. The van der Waals surface area contributed by atoms with E-state index in [0.717, 1.165) is 28.0 Å². The second-order valence-corrected chi connectivity index (χ2v) is 7.71. The lowest BCUT2D eigenvalue weighted by Crippen LogP contribution is -2.15. The van der Waals surface area contributed by atoms with Gasteiger partial charge in [-0.3, -0.25) is 4.79 Å². The van der Waals surface area contributed by atoms with Crippen LogP contribution >= 0.6 is 11.6 Å². The highest BCUT2D eigenvalue weighted by Crippen LogP contribution is 2.28. The predicted octanol–water partition coefficient (Wildman–Crippen LogP) is 4.12. The number of carbonyl (C=O) groups is 1. The predicted molar refractivity (Wildman–Crippen MR) is 119 cm³/mol. The summed E-state index contributed by atoms with van der Waals surface area (Å²) in [5, 5.41) is 7.89. The van der Waals surface area contributed by atoms with E-state index in [4.69, 9.17) is 11.6 Å². The molecule has 0 aliphatic carbocycles. The van der Waals surface area contributed by atoms with Gasteiger partial charge in [0.15, 0.2) is 5.82 Å². The van der Waals surface area contributed by atoms with Crippen molar-refractivity contribution in [2.45, 2.75) is 20.3 Å². The quantitative estimate of drug-likeness (QED) is 0.445. The van der Waals surface area contributed by atoms with Gasteiger partial charge < -0.3 is 10.3 Å². The van der Waals surface area contributed by atoms with Crippen molar-refractivity contribution in [1.29, 1.82) is 0 Å². The zero-order chi connectivity index (χ0) is 21.5. The third kappa shape index (κ3) is 3.73. The lowest BCUT2D eigenvalue weighted by Gasteiger charge is -2.03. The number of imidazole rings is 1. The van der Waals surface area contributed by atoms with Gasteiger partial charge in [0.1, 0.15) is 5.82 Å². The zero-order valence-electron chi connectivity index (χ0n) is 16.8. The first-order chi connectivity index (χ1) is 15.0. The molecule has 2 aromatic carbocycles. The van der Waals surface area contributed by atoms with Crippen LogP contribution in [0, 0.1) is 13.8 Å². The van der Waals surface area contributed by atoms with E-state index in [1.54, 1.807) is 4.52 Å². The van der Waals surface area contributed by atoms with E-state index in [1.165, 1.54) is 0 Å². The number of aromatic nitrogens is 6. The highest BCUT2D eigenvalue weighted by molar-refractivity contribution is 6.33. The Kier molecular flexibility index (Phi) is 4.63. The molecule has 3 heterocycles. The van der Waals surface area contributed by atoms with Crippen LogP contribution < -0.4 is 5.32 Å². The second kappa shape index (κ2) is 7.48. The molecule has 0 aliphatic heterocycles. The number of fused-ring (bicyclic) bond motifs is 2. The number of carbonyl (C=O) groups excluding carboxylic acids is 1. The number of H-pyrrole nitrogens is 1. The smallest absolute Gasteiger partial charge is 0.252 e. The Labute approximate surface area is 182 Å². The molecule has 8 nitrogen and oxygen atoms in total.